The highest BCUT2D eigenvalue weighted by atomic mass is 16.5. The summed E-state index contributed by atoms with van der Waals surface area (Å²) in [5.41, 5.74) is 5.57. The number of nitrogens with zero attached hydrogens (tertiary/aromatic N) is 1. The zero-order chi connectivity index (χ0) is 10.7. The molecule has 3 nitrogen and oxygen atoms in total. The van der Waals surface area contributed by atoms with Crippen LogP contribution in [-0.2, 0) is 4.74 Å². The molecule has 1 saturated carbocycles. The molecule has 1 heterocycles. The van der Waals surface area contributed by atoms with Gasteiger partial charge in [-0.2, -0.15) is 0 Å². The van der Waals surface area contributed by atoms with E-state index >= 15 is 0 Å². The average molecular weight is 212 g/mol. The van der Waals surface area contributed by atoms with Crippen molar-refractivity contribution in [1.82, 2.24) is 4.90 Å². The maximum atomic E-state index is 5.88. The standard InChI is InChI=1S/C12H24N2O/c1-10-3-6-12(15-10)9-14(8-2-7-13)11-4-5-11/h10-12H,2-9,13H2,1H3. The Hall–Kier alpha value is -0.120. The van der Waals surface area contributed by atoms with Crippen molar-refractivity contribution in [3.05, 3.63) is 0 Å². The van der Waals surface area contributed by atoms with Gasteiger partial charge in [0.25, 0.3) is 0 Å². The normalized spacial score (nSPS) is 31.4. The Bertz CT molecular complexity index is 194. The second-order valence-electron chi connectivity index (χ2n) is 5.01. The highest BCUT2D eigenvalue weighted by Gasteiger charge is 2.32. The minimum absolute atomic E-state index is 0.477. The summed E-state index contributed by atoms with van der Waals surface area (Å²) < 4.78 is 5.88. The van der Waals surface area contributed by atoms with Crippen LogP contribution in [0.5, 0.6) is 0 Å². The molecule has 0 aromatic rings. The summed E-state index contributed by atoms with van der Waals surface area (Å²) in [4.78, 5) is 2.59. The second-order valence-corrected chi connectivity index (χ2v) is 5.01. The Morgan fingerprint density at radius 2 is 2.07 bits per heavy atom. The summed E-state index contributed by atoms with van der Waals surface area (Å²) in [6.45, 7) is 5.29. The summed E-state index contributed by atoms with van der Waals surface area (Å²) in [6.07, 6.45) is 7.33. The van der Waals surface area contributed by atoms with Gasteiger partial charge in [0.2, 0.25) is 0 Å². The molecule has 2 N–H and O–H groups in total. The molecule has 0 radical (unpaired) electrons. The van der Waals surface area contributed by atoms with Crippen molar-refractivity contribution in [2.45, 2.75) is 57.3 Å². The first-order valence-corrected chi connectivity index (χ1v) is 6.39. The van der Waals surface area contributed by atoms with E-state index in [1.54, 1.807) is 0 Å². The number of rotatable bonds is 6. The number of ether oxygens (including phenoxy) is 1. The topological polar surface area (TPSA) is 38.5 Å². The summed E-state index contributed by atoms with van der Waals surface area (Å²) in [6, 6.07) is 0.844. The first kappa shape index (κ1) is 11.4. The van der Waals surface area contributed by atoms with Crippen LogP contribution in [-0.4, -0.2) is 42.8 Å². The van der Waals surface area contributed by atoms with Gasteiger partial charge in [-0.1, -0.05) is 0 Å². The van der Waals surface area contributed by atoms with Gasteiger partial charge in [0, 0.05) is 12.6 Å². The summed E-state index contributed by atoms with van der Waals surface area (Å²) in [5.74, 6) is 0. The monoisotopic (exact) mass is 212 g/mol. The van der Waals surface area contributed by atoms with E-state index in [1.807, 2.05) is 0 Å². The molecule has 0 bridgehead atoms. The smallest absolute Gasteiger partial charge is 0.0706 e. The zero-order valence-electron chi connectivity index (χ0n) is 9.82. The molecule has 2 aliphatic rings. The van der Waals surface area contributed by atoms with E-state index in [9.17, 15) is 0 Å². The molecule has 0 amide bonds. The zero-order valence-corrected chi connectivity index (χ0v) is 9.82. The minimum atomic E-state index is 0.477. The fourth-order valence-corrected chi connectivity index (χ4v) is 2.44. The lowest BCUT2D eigenvalue weighted by Gasteiger charge is -2.25. The molecule has 3 heteroatoms. The van der Waals surface area contributed by atoms with Gasteiger partial charge in [0.1, 0.15) is 0 Å². The largest absolute Gasteiger partial charge is 0.374 e. The predicted molar refractivity (Wildman–Crippen MR) is 61.8 cm³/mol. The second kappa shape index (κ2) is 5.28. The lowest BCUT2D eigenvalue weighted by atomic mass is 10.2. The highest BCUT2D eigenvalue weighted by Crippen LogP contribution is 2.29. The molecule has 15 heavy (non-hydrogen) atoms. The van der Waals surface area contributed by atoms with Crippen LogP contribution >= 0.6 is 0 Å². The first-order chi connectivity index (χ1) is 7.29. The average Bonchev–Trinajstić information content (AvgIpc) is 2.98. The molecule has 88 valence electrons. The molecular formula is C12H24N2O. The third kappa shape index (κ3) is 3.44. The van der Waals surface area contributed by atoms with E-state index in [0.717, 1.165) is 32.1 Å². The van der Waals surface area contributed by atoms with E-state index in [2.05, 4.69) is 11.8 Å². The molecule has 0 aromatic carbocycles. The van der Waals surface area contributed by atoms with E-state index in [0.29, 0.717) is 12.2 Å². The molecule has 0 spiro atoms. The Kier molecular flexibility index (Phi) is 4.00. The van der Waals surface area contributed by atoms with Crippen LogP contribution < -0.4 is 5.73 Å². The maximum Gasteiger partial charge on any atom is 0.0706 e. The number of hydrogen-bond donors (Lipinski definition) is 1. The summed E-state index contributed by atoms with van der Waals surface area (Å²) in [7, 11) is 0. The fraction of sp³-hybridized carbons (Fsp3) is 1.00. The summed E-state index contributed by atoms with van der Waals surface area (Å²) >= 11 is 0. The molecule has 2 rings (SSSR count). The third-order valence-corrected chi connectivity index (χ3v) is 3.47. The van der Waals surface area contributed by atoms with E-state index in [-0.39, 0.29) is 0 Å². The Morgan fingerprint density at radius 1 is 1.27 bits per heavy atom. The summed E-state index contributed by atoms with van der Waals surface area (Å²) in [5, 5.41) is 0. The van der Waals surface area contributed by atoms with Gasteiger partial charge in [0.05, 0.1) is 12.2 Å². The van der Waals surface area contributed by atoms with Crippen molar-refractivity contribution in [1.29, 1.82) is 0 Å². The van der Waals surface area contributed by atoms with Gasteiger partial charge < -0.3 is 10.5 Å². The number of hydrogen-bond acceptors (Lipinski definition) is 3. The molecule has 2 atom stereocenters. The van der Waals surface area contributed by atoms with Crippen molar-refractivity contribution < 1.29 is 4.74 Å². The lowest BCUT2D eigenvalue weighted by molar-refractivity contribution is 0.0295. The van der Waals surface area contributed by atoms with Crippen molar-refractivity contribution in [2.24, 2.45) is 5.73 Å². The Balaban J connectivity index is 1.73. The minimum Gasteiger partial charge on any atom is -0.374 e. The van der Waals surface area contributed by atoms with Gasteiger partial charge in [-0.3, -0.25) is 4.90 Å². The van der Waals surface area contributed by atoms with Crippen LogP contribution in [0.2, 0.25) is 0 Å². The van der Waals surface area contributed by atoms with Crippen LogP contribution in [0.4, 0.5) is 0 Å². The molecule has 0 aromatic heterocycles. The van der Waals surface area contributed by atoms with E-state index in [1.165, 1.54) is 25.7 Å². The highest BCUT2D eigenvalue weighted by molar-refractivity contribution is 4.87. The molecule has 1 aliphatic carbocycles. The quantitative estimate of drug-likeness (QED) is 0.722. The lowest BCUT2D eigenvalue weighted by Crippen LogP contribution is -2.35. The molecule has 2 fully saturated rings. The van der Waals surface area contributed by atoms with Crippen LogP contribution in [0.3, 0.4) is 0 Å². The SMILES string of the molecule is CC1CCC(CN(CCCN)C2CC2)O1. The van der Waals surface area contributed by atoms with Gasteiger partial charge in [-0.05, 0) is 52.1 Å². The number of nitrogens with two attached hydrogens (primary N) is 1. The van der Waals surface area contributed by atoms with Crippen LogP contribution in [0.15, 0.2) is 0 Å². The molecule has 2 unspecified atom stereocenters. The van der Waals surface area contributed by atoms with Crippen molar-refractivity contribution >= 4 is 0 Å². The molecular weight excluding hydrogens is 188 g/mol. The van der Waals surface area contributed by atoms with Crippen LogP contribution in [0.25, 0.3) is 0 Å². The van der Waals surface area contributed by atoms with Crippen LogP contribution in [0, 0.1) is 0 Å². The molecule has 1 aliphatic heterocycles. The van der Waals surface area contributed by atoms with Gasteiger partial charge in [-0.25, -0.2) is 0 Å². The van der Waals surface area contributed by atoms with Crippen molar-refractivity contribution in [3.8, 4) is 0 Å². The van der Waals surface area contributed by atoms with E-state index in [4.69, 9.17) is 10.5 Å². The van der Waals surface area contributed by atoms with E-state index < -0.39 is 0 Å². The third-order valence-electron chi connectivity index (χ3n) is 3.47. The van der Waals surface area contributed by atoms with Crippen LogP contribution in [0.1, 0.15) is 39.0 Å². The van der Waals surface area contributed by atoms with Gasteiger partial charge in [-0.15, -0.1) is 0 Å². The Morgan fingerprint density at radius 3 is 2.60 bits per heavy atom. The molecule has 1 saturated heterocycles. The predicted octanol–water partition coefficient (Wildman–Crippen LogP) is 1.37. The van der Waals surface area contributed by atoms with Gasteiger partial charge in [0.15, 0.2) is 0 Å². The van der Waals surface area contributed by atoms with Crippen molar-refractivity contribution in [2.75, 3.05) is 19.6 Å². The van der Waals surface area contributed by atoms with Crippen molar-refractivity contribution in [3.63, 3.8) is 0 Å². The fourth-order valence-electron chi connectivity index (χ4n) is 2.44. The maximum absolute atomic E-state index is 5.88. The Labute approximate surface area is 93.0 Å². The first-order valence-electron chi connectivity index (χ1n) is 6.39. The van der Waals surface area contributed by atoms with Gasteiger partial charge >= 0.3 is 0 Å².